The van der Waals surface area contributed by atoms with Crippen LogP contribution in [0.2, 0.25) is 5.02 Å². The number of nitrogens with zero attached hydrogens (tertiary/aromatic N) is 4. The van der Waals surface area contributed by atoms with E-state index in [9.17, 15) is 14.7 Å². The highest BCUT2D eigenvalue weighted by Gasteiger charge is 2.48. The monoisotopic (exact) mass is 534 g/mol. The SMILES string of the molecule is Cc1ccc(C2C(=C(O)c3ccncc3)C(=O)C(=O)N2c2nnc(SCc3ccc(Cl)cc3)s2)cc1. The smallest absolute Gasteiger partial charge is 0.301 e. The Hall–Kier alpha value is -3.53. The Morgan fingerprint density at radius 1 is 1.03 bits per heavy atom. The second kappa shape index (κ2) is 10.2. The number of amides is 1. The van der Waals surface area contributed by atoms with E-state index in [0.29, 0.717) is 26.2 Å². The van der Waals surface area contributed by atoms with Crippen molar-refractivity contribution < 1.29 is 14.7 Å². The summed E-state index contributed by atoms with van der Waals surface area (Å²) in [7, 11) is 0. The fraction of sp³-hybridized carbons (Fsp3) is 0.115. The lowest BCUT2D eigenvalue weighted by Gasteiger charge is -2.22. The minimum Gasteiger partial charge on any atom is -0.507 e. The molecule has 1 amide bonds. The molecule has 1 fully saturated rings. The number of pyridine rings is 1. The molecule has 5 rings (SSSR count). The Morgan fingerprint density at radius 3 is 2.42 bits per heavy atom. The predicted molar refractivity (Wildman–Crippen MR) is 141 cm³/mol. The average Bonchev–Trinajstić information content (AvgIpc) is 3.46. The van der Waals surface area contributed by atoms with Crippen molar-refractivity contribution in [2.45, 2.75) is 23.1 Å². The van der Waals surface area contributed by atoms with Crippen LogP contribution in [0.3, 0.4) is 0 Å². The molecule has 7 nitrogen and oxygen atoms in total. The zero-order chi connectivity index (χ0) is 25.2. The number of rotatable bonds is 6. The lowest BCUT2D eigenvalue weighted by atomic mass is 9.95. The van der Waals surface area contributed by atoms with Crippen molar-refractivity contribution in [1.82, 2.24) is 15.2 Å². The molecule has 180 valence electrons. The topological polar surface area (TPSA) is 96.3 Å². The Bertz CT molecular complexity index is 1450. The van der Waals surface area contributed by atoms with Gasteiger partial charge in [0.15, 0.2) is 4.34 Å². The molecule has 3 heterocycles. The molecule has 1 N–H and O–H groups in total. The number of anilines is 1. The summed E-state index contributed by atoms with van der Waals surface area (Å²) in [6.45, 7) is 1.95. The Morgan fingerprint density at radius 2 is 1.72 bits per heavy atom. The normalized spacial score (nSPS) is 17.1. The van der Waals surface area contributed by atoms with Gasteiger partial charge >= 0.3 is 5.91 Å². The summed E-state index contributed by atoms with van der Waals surface area (Å²) in [6.07, 6.45) is 3.03. The van der Waals surface area contributed by atoms with Crippen molar-refractivity contribution in [3.05, 3.63) is 106 Å². The number of halogens is 1. The Balaban J connectivity index is 1.52. The van der Waals surface area contributed by atoms with Crippen LogP contribution in [0.4, 0.5) is 5.13 Å². The number of hydrogen-bond donors (Lipinski definition) is 1. The minimum absolute atomic E-state index is 0.000574. The molecule has 1 saturated heterocycles. The average molecular weight is 535 g/mol. The molecule has 0 saturated carbocycles. The molecular weight excluding hydrogens is 516 g/mol. The summed E-state index contributed by atoms with van der Waals surface area (Å²) in [5.41, 5.74) is 3.18. The van der Waals surface area contributed by atoms with E-state index in [0.717, 1.165) is 11.1 Å². The fourth-order valence-corrected chi connectivity index (χ4v) is 5.79. The van der Waals surface area contributed by atoms with Crippen LogP contribution >= 0.6 is 34.7 Å². The van der Waals surface area contributed by atoms with Crippen LogP contribution in [-0.2, 0) is 15.3 Å². The van der Waals surface area contributed by atoms with E-state index in [4.69, 9.17) is 11.6 Å². The van der Waals surface area contributed by atoms with Gasteiger partial charge in [-0.25, -0.2) is 0 Å². The van der Waals surface area contributed by atoms with E-state index in [-0.39, 0.29) is 16.5 Å². The third kappa shape index (κ3) is 4.77. The van der Waals surface area contributed by atoms with E-state index in [2.05, 4.69) is 15.2 Å². The molecule has 1 aliphatic heterocycles. The van der Waals surface area contributed by atoms with Gasteiger partial charge in [0.1, 0.15) is 5.76 Å². The van der Waals surface area contributed by atoms with Crippen LogP contribution in [-0.4, -0.2) is 32.0 Å². The molecule has 1 aliphatic rings. The molecule has 0 bridgehead atoms. The second-order valence-corrected chi connectivity index (χ2v) is 10.7. The lowest BCUT2D eigenvalue weighted by molar-refractivity contribution is -0.132. The van der Waals surface area contributed by atoms with Crippen LogP contribution in [0.25, 0.3) is 5.76 Å². The summed E-state index contributed by atoms with van der Waals surface area (Å²) >= 11 is 8.66. The molecule has 0 radical (unpaired) electrons. The first-order chi connectivity index (χ1) is 17.4. The van der Waals surface area contributed by atoms with Gasteiger partial charge in [0, 0.05) is 28.7 Å². The quantitative estimate of drug-likeness (QED) is 0.109. The number of carbonyl (C=O) groups is 2. The van der Waals surface area contributed by atoms with Crippen molar-refractivity contribution in [1.29, 1.82) is 0 Å². The van der Waals surface area contributed by atoms with Crippen LogP contribution in [0, 0.1) is 6.92 Å². The Labute approximate surface area is 220 Å². The van der Waals surface area contributed by atoms with Gasteiger partial charge in [-0.1, -0.05) is 76.7 Å². The summed E-state index contributed by atoms with van der Waals surface area (Å²) in [4.78, 5) is 31.8. The number of carbonyl (C=O) groups excluding carboxylic acids is 2. The maximum atomic E-state index is 13.3. The first-order valence-electron chi connectivity index (χ1n) is 10.9. The fourth-order valence-electron chi connectivity index (χ4n) is 3.84. The molecule has 0 spiro atoms. The summed E-state index contributed by atoms with van der Waals surface area (Å²) < 4.78 is 0.652. The molecule has 36 heavy (non-hydrogen) atoms. The van der Waals surface area contributed by atoms with Crippen molar-refractivity contribution in [3.63, 3.8) is 0 Å². The lowest BCUT2D eigenvalue weighted by Crippen LogP contribution is -2.29. The van der Waals surface area contributed by atoms with E-state index in [1.165, 1.54) is 40.4 Å². The van der Waals surface area contributed by atoms with Gasteiger partial charge in [-0.3, -0.25) is 19.5 Å². The van der Waals surface area contributed by atoms with Gasteiger partial charge in [0.05, 0.1) is 11.6 Å². The number of thioether (sulfide) groups is 1. The van der Waals surface area contributed by atoms with E-state index in [1.807, 2.05) is 55.5 Å². The van der Waals surface area contributed by atoms with Gasteiger partial charge in [-0.2, -0.15) is 0 Å². The van der Waals surface area contributed by atoms with Crippen LogP contribution in [0.1, 0.15) is 28.3 Å². The minimum atomic E-state index is -0.846. The van der Waals surface area contributed by atoms with Crippen LogP contribution in [0.5, 0.6) is 0 Å². The van der Waals surface area contributed by atoms with Gasteiger partial charge in [0.2, 0.25) is 5.13 Å². The number of aryl methyl sites for hydroxylation is 1. The highest BCUT2D eigenvalue weighted by Crippen LogP contribution is 2.44. The number of aliphatic hydroxyl groups is 1. The largest absolute Gasteiger partial charge is 0.507 e. The molecule has 0 aliphatic carbocycles. The third-order valence-corrected chi connectivity index (χ3v) is 8.05. The zero-order valence-corrected chi connectivity index (χ0v) is 21.3. The molecule has 10 heteroatoms. The number of hydrogen-bond acceptors (Lipinski definition) is 8. The molecule has 1 atom stereocenters. The van der Waals surface area contributed by atoms with Crippen LogP contribution < -0.4 is 4.90 Å². The molecule has 2 aromatic carbocycles. The number of Topliss-reactive ketones (excluding diaryl/α,β-unsaturated/α-hetero) is 1. The van der Waals surface area contributed by atoms with Crippen LogP contribution in [0.15, 0.2) is 83.0 Å². The van der Waals surface area contributed by atoms with E-state index < -0.39 is 17.7 Å². The second-order valence-electron chi connectivity index (χ2n) is 8.08. The molecule has 1 unspecified atom stereocenters. The van der Waals surface area contributed by atoms with Crippen molar-refractivity contribution in [3.8, 4) is 0 Å². The molecule has 4 aromatic rings. The highest BCUT2D eigenvalue weighted by atomic mass is 35.5. The van der Waals surface area contributed by atoms with Crippen molar-refractivity contribution in [2.24, 2.45) is 0 Å². The summed E-state index contributed by atoms with van der Waals surface area (Å²) in [6, 6.07) is 17.3. The maximum absolute atomic E-state index is 13.3. The van der Waals surface area contributed by atoms with Crippen molar-refractivity contribution in [2.75, 3.05) is 4.90 Å². The molecular formula is C26H19ClN4O3S2. The van der Waals surface area contributed by atoms with Gasteiger partial charge < -0.3 is 5.11 Å². The zero-order valence-electron chi connectivity index (χ0n) is 19.0. The first kappa shape index (κ1) is 24.2. The van der Waals surface area contributed by atoms with Gasteiger partial charge in [-0.15, -0.1) is 10.2 Å². The number of ketones is 1. The number of aromatic nitrogens is 3. The molecule has 2 aromatic heterocycles. The summed E-state index contributed by atoms with van der Waals surface area (Å²) in [5.74, 6) is -1.15. The Kier molecular flexibility index (Phi) is 6.86. The van der Waals surface area contributed by atoms with Gasteiger partial charge in [-0.05, 0) is 42.3 Å². The highest BCUT2D eigenvalue weighted by molar-refractivity contribution is 8.00. The standard InChI is InChI=1S/C26H19ClN4O3S2/c1-15-2-6-17(7-3-15)21-20(22(32)18-10-12-28-13-11-18)23(33)24(34)31(21)25-29-30-26(36-25)35-14-16-4-8-19(27)9-5-16/h2-13,21,32H,14H2,1H3. The predicted octanol–water partition coefficient (Wildman–Crippen LogP) is 5.81. The third-order valence-electron chi connectivity index (χ3n) is 5.67. The number of benzene rings is 2. The first-order valence-corrected chi connectivity index (χ1v) is 13.1. The van der Waals surface area contributed by atoms with E-state index in [1.54, 1.807) is 12.1 Å². The maximum Gasteiger partial charge on any atom is 0.301 e. The van der Waals surface area contributed by atoms with Gasteiger partial charge in [0.25, 0.3) is 5.78 Å². The number of aliphatic hydroxyl groups excluding tert-OH is 1. The van der Waals surface area contributed by atoms with E-state index >= 15 is 0 Å². The summed E-state index contributed by atoms with van der Waals surface area (Å²) in [5, 5.41) is 20.5. The van der Waals surface area contributed by atoms with Crippen molar-refractivity contribution >= 4 is 57.3 Å².